The van der Waals surface area contributed by atoms with Crippen LogP contribution in [0.15, 0.2) is 24.3 Å². The van der Waals surface area contributed by atoms with Gasteiger partial charge in [0.2, 0.25) is 0 Å². The Labute approximate surface area is 109 Å². The predicted molar refractivity (Wildman–Crippen MR) is 68.9 cm³/mol. The van der Waals surface area contributed by atoms with E-state index < -0.39 is 4.92 Å². The van der Waals surface area contributed by atoms with Crippen LogP contribution in [0.3, 0.4) is 0 Å². The van der Waals surface area contributed by atoms with Gasteiger partial charge in [0.05, 0.1) is 17.3 Å². The van der Waals surface area contributed by atoms with Crippen molar-refractivity contribution in [1.29, 1.82) is 0 Å². The molecule has 1 aromatic carbocycles. The van der Waals surface area contributed by atoms with Crippen molar-refractivity contribution in [3.05, 3.63) is 56.2 Å². The van der Waals surface area contributed by atoms with Gasteiger partial charge in [-0.05, 0) is 24.3 Å². The van der Waals surface area contributed by atoms with Crippen LogP contribution in [0.25, 0.3) is 0 Å². The van der Waals surface area contributed by atoms with E-state index in [0.717, 1.165) is 11.1 Å². The molecule has 18 heavy (non-hydrogen) atoms. The Hall–Kier alpha value is -1.88. The highest BCUT2D eigenvalue weighted by Crippen LogP contribution is 2.26. The van der Waals surface area contributed by atoms with Gasteiger partial charge in [-0.1, -0.05) is 41.4 Å². The first kappa shape index (κ1) is 12.6. The van der Waals surface area contributed by atoms with Gasteiger partial charge in [-0.2, -0.15) is 4.68 Å². The minimum Gasteiger partial charge on any atom is -0.358 e. The van der Waals surface area contributed by atoms with Crippen LogP contribution in [0.1, 0.15) is 16.8 Å². The second kappa shape index (κ2) is 4.78. The van der Waals surface area contributed by atoms with E-state index >= 15 is 0 Å². The van der Waals surface area contributed by atoms with Gasteiger partial charge in [0.15, 0.2) is 5.02 Å². The molecule has 5 nitrogen and oxygen atoms in total. The molecule has 1 heterocycles. The summed E-state index contributed by atoms with van der Waals surface area (Å²) in [4.78, 5) is 10.2. The van der Waals surface area contributed by atoms with E-state index in [1.54, 1.807) is 11.6 Å². The fourth-order valence-corrected chi connectivity index (χ4v) is 1.97. The van der Waals surface area contributed by atoms with Crippen LogP contribution in [0.4, 0.5) is 5.82 Å². The second-order valence-electron chi connectivity index (χ2n) is 4.13. The normalized spacial score (nSPS) is 10.6. The lowest BCUT2D eigenvalue weighted by Crippen LogP contribution is -2.04. The van der Waals surface area contributed by atoms with Crippen molar-refractivity contribution in [3.63, 3.8) is 0 Å². The summed E-state index contributed by atoms with van der Waals surface area (Å²) < 4.78 is 1.55. The molecule has 94 valence electrons. The molecule has 0 atom stereocenters. The van der Waals surface area contributed by atoms with Crippen molar-refractivity contribution >= 4 is 17.4 Å². The van der Waals surface area contributed by atoms with Gasteiger partial charge in [-0.15, -0.1) is 0 Å². The highest BCUT2D eigenvalue weighted by atomic mass is 35.5. The summed E-state index contributed by atoms with van der Waals surface area (Å²) >= 11 is 5.88. The number of aryl methyl sites for hydroxylation is 1. The minimum absolute atomic E-state index is 0.104. The molecule has 0 bridgehead atoms. The number of rotatable bonds is 3. The molecule has 1 aromatic heterocycles. The first-order valence-electron chi connectivity index (χ1n) is 5.42. The van der Waals surface area contributed by atoms with E-state index in [1.807, 2.05) is 31.2 Å². The van der Waals surface area contributed by atoms with Crippen molar-refractivity contribution in [1.82, 2.24) is 9.78 Å². The average molecular weight is 266 g/mol. The number of benzene rings is 1. The standard InChI is InChI=1S/C12H12ClN3O2/c1-8-4-3-5-10(6-8)7-15-9(2)11(13)12(14-15)16(17)18/h3-6H,7H2,1-2H3. The molecular weight excluding hydrogens is 254 g/mol. The van der Waals surface area contributed by atoms with Crippen LogP contribution in [0.5, 0.6) is 0 Å². The molecule has 0 saturated carbocycles. The Morgan fingerprint density at radius 3 is 2.72 bits per heavy atom. The highest BCUT2D eigenvalue weighted by molar-refractivity contribution is 6.33. The van der Waals surface area contributed by atoms with Gasteiger partial charge in [0.1, 0.15) is 0 Å². The number of hydrogen-bond acceptors (Lipinski definition) is 3. The van der Waals surface area contributed by atoms with Gasteiger partial charge in [-0.25, -0.2) is 0 Å². The van der Waals surface area contributed by atoms with Gasteiger partial charge >= 0.3 is 5.82 Å². The predicted octanol–water partition coefficient (Wildman–Crippen LogP) is 3.11. The van der Waals surface area contributed by atoms with E-state index in [4.69, 9.17) is 11.6 Å². The molecule has 0 aliphatic rings. The Balaban J connectivity index is 2.35. The molecule has 0 unspecified atom stereocenters. The van der Waals surface area contributed by atoms with Crippen LogP contribution in [-0.2, 0) is 6.54 Å². The summed E-state index contributed by atoms with van der Waals surface area (Å²) in [5.41, 5.74) is 2.77. The highest BCUT2D eigenvalue weighted by Gasteiger charge is 2.23. The van der Waals surface area contributed by atoms with Crippen LogP contribution < -0.4 is 0 Å². The minimum atomic E-state index is -0.567. The lowest BCUT2D eigenvalue weighted by molar-refractivity contribution is -0.389. The third kappa shape index (κ3) is 2.36. The molecule has 0 fully saturated rings. The Morgan fingerprint density at radius 1 is 1.44 bits per heavy atom. The number of aromatic nitrogens is 2. The average Bonchev–Trinajstić information content (AvgIpc) is 2.58. The van der Waals surface area contributed by atoms with Crippen LogP contribution in [-0.4, -0.2) is 14.7 Å². The molecule has 6 heteroatoms. The SMILES string of the molecule is Cc1cccc(Cn2nc([N+](=O)[O-])c(Cl)c2C)c1. The molecule has 0 aliphatic heterocycles. The molecule has 0 aliphatic carbocycles. The Morgan fingerprint density at radius 2 is 2.17 bits per heavy atom. The third-order valence-electron chi connectivity index (χ3n) is 2.70. The van der Waals surface area contributed by atoms with E-state index in [9.17, 15) is 10.1 Å². The summed E-state index contributed by atoms with van der Waals surface area (Å²) in [5, 5.41) is 14.8. The second-order valence-corrected chi connectivity index (χ2v) is 4.50. The summed E-state index contributed by atoms with van der Waals surface area (Å²) in [6.07, 6.45) is 0. The Bertz CT molecular complexity index is 607. The zero-order valence-corrected chi connectivity index (χ0v) is 10.8. The molecule has 2 aromatic rings. The fraction of sp³-hybridized carbons (Fsp3) is 0.250. The maximum Gasteiger partial charge on any atom is 0.408 e. The topological polar surface area (TPSA) is 61.0 Å². The van der Waals surface area contributed by atoms with Gasteiger partial charge < -0.3 is 10.1 Å². The maximum absolute atomic E-state index is 10.7. The number of nitro groups is 1. The van der Waals surface area contributed by atoms with E-state index in [-0.39, 0.29) is 10.8 Å². The van der Waals surface area contributed by atoms with Gasteiger partial charge in [0, 0.05) is 0 Å². The monoisotopic (exact) mass is 265 g/mol. The van der Waals surface area contributed by atoms with E-state index in [1.165, 1.54) is 0 Å². The zero-order valence-electron chi connectivity index (χ0n) is 10.1. The van der Waals surface area contributed by atoms with E-state index in [0.29, 0.717) is 12.2 Å². The lowest BCUT2D eigenvalue weighted by Gasteiger charge is -2.01. The molecule has 0 spiro atoms. The molecule has 2 rings (SSSR count). The first-order chi connectivity index (χ1) is 8.49. The quantitative estimate of drug-likeness (QED) is 0.633. The smallest absolute Gasteiger partial charge is 0.358 e. The van der Waals surface area contributed by atoms with Gasteiger partial charge in [-0.3, -0.25) is 0 Å². The fourth-order valence-electron chi connectivity index (χ4n) is 1.76. The van der Waals surface area contributed by atoms with Crippen molar-refractivity contribution in [2.75, 3.05) is 0 Å². The molecule has 0 amide bonds. The number of hydrogen-bond donors (Lipinski definition) is 0. The first-order valence-corrected chi connectivity index (χ1v) is 5.79. The van der Waals surface area contributed by atoms with Crippen LogP contribution in [0.2, 0.25) is 5.02 Å². The lowest BCUT2D eigenvalue weighted by atomic mass is 10.1. The van der Waals surface area contributed by atoms with Crippen molar-refractivity contribution in [2.24, 2.45) is 0 Å². The van der Waals surface area contributed by atoms with Crippen LogP contribution in [0, 0.1) is 24.0 Å². The maximum atomic E-state index is 10.7. The Kier molecular flexibility index (Phi) is 3.34. The largest absolute Gasteiger partial charge is 0.408 e. The molecular formula is C12H12ClN3O2. The number of nitrogens with zero attached hydrogens (tertiary/aromatic N) is 3. The summed E-state index contributed by atoms with van der Waals surface area (Å²) in [6, 6.07) is 7.91. The molecule has 0 radical (unpaired) electrons. The van der Waals surface area contributed by atoms with Crippen molar-refractivity contribution < 1.29 is 4.92 Å². The summed E-state index contributed by atoms with van der Waals surface area (Å²) in [6.45, 7) is 4.19. The molecule has 0 N–H and O–H groups in total. The third-order valence-corrected chi connectivity index (χ3v) is 3.15. The molecule has 0 saturated heterocycles. The zero-order chi connectivity index (χ0) is 13.3. The van der Waals surface area contributed by atoms with Crippen molar-refractivity contribution in [2.45, 2.75) is 20.4 Å². The summed E-state index contributed by atoms with van der Waals surface area (Å²) in [7, 11) is 0. The van der Waals surface area contributed by atoms with Gasteiger partial charge in [0.25, 0.3) is 0 Å². The van der Waals surface area contributed by atoms with E-state index in [2.05, 4.69) is 5.10 Å². The summed E-state index contributed by atoms with van der Waals surface area (Å²) in [5.74, 6) is -0.290. The van der Waals surface area contributed by atoms with Crippen LogP contribution >= 0.6 is 11.6 Å². The number of halogens is 1. The van der Waals surface area contributed by atoms with Crippen molar-refractivity contribution in [3.8, 4) is 0 Å².